The Morgan fingerprint density at radius 1 is 0.542 bits per heavy atom. The van der Waals surface area contributed by atoms with Gasteiger partial charge in [-0.2, -0.15) is 0 Å². The summed E-state index contributed by atoms with van der Waals surface area (Å²) in [5, 5.41) is 0. The van der Waals surface area contributed by atoms with Crippen LogP contribution in [0.4, 0.5) is 28.4 Å². The van der Waals surface area contributed by atoms with Gasteiger partial charge in [-0.15, -0.1) is 0 Å². The van der Waals surface area contributed by atoms with E-state index in [0.29, 0.717) is 12.1 Å². The molecule has 4 heterocycles. The summed E-state index contributed by atoms with van der Waals surface area (Å²) in [7, 11) is 0. The molecule has 2 unspecified atom stereocenters. The molecule has 240 valence electrons. The first kappa shape index (κ1) is 30.3. The number of anilines is 5. The maximum Gasteiger partial charge on any atom is 0.247 e. The molecule has 2 fully saturated rings. The van der Waals surface area contributed by atoms with Crippen molar-refractivity contribution in [1.29, 1.82) is 0 Å². The largest absolute Gasteiger partial charge is 0.369 e. The van der Waals surface area contributed by atoms with Gasteiger partial charge >= 0.3 is 0 Å². The van der Waals surface area contributed by atoms with Crippen molar-refractivity contribution in [3.8, 4) is 0 Å². The van der Waals surface area contributed by atoms with Crippen LogP contribution in [0.5, 0.6) is 0 Å². The van der Waals surface area contributed by atoms with Crippen LogP contribution in [0.3, 0.4) is 0 Å². The van der Waals surface area contributed by atoms with Crippen LogP contribution < -0.4 is 31.1 Å². The van der Waals surface area contributed by atoms with Crippen molar-refractivity contribution in [2.45, 2.75) is 84.0 Å². The van der Waals surface area contributed by atoms with E-state index in [1.54, 1.807) is 0 Å². The second-order valence-electron chi connectivity index (χ2n) is 14.0. The summed E-state index contributed by atoms with van der Waals surface area (Å²) >= 11 is 3.95. The van der Waals surface area contributed by atoms with Crippen molar-refractivity contribution in [2.75, 3.05) is 27.8 Å². The molecular weight excluding hydrogens is 621 g/mol. The number of para-hydroxylation sites is 2. The summed E-state index contributed by atoms with van der Waals surface area (Å²) in [6.45, 7) is 7.34. The molecule has 0 aromatic heterocycles. The zero-order valence-electron chi connectivity index (χ0n) is 27.9. The van der Waals surface area contributed by atoms with E-state index in [2.05, 4.69) is 138 Å². The third kappa shape index (κ3) is 5.32. The highest BCUT2D eigenvalue weighted by molar-refractivity contribution is 8.01. The van der Waals surface area contributed by atoms with Crippen LogP contribution in [0.25, 0.3) is 0 Å². The molecule has 0 amide bonds. The maximum atomic E-state index is 2.64. The molecule has 2 atom stereocenters. The van der Waals surface area contributed by atoms with E-state index in [9.17, 15) is 0 Å². The van der Waals surface area contributed by atoms with Gasteiger partial charge in [0.15, 0.2) is 0 Å². The lowest BCUT2D eigenvalue weighted by Crippen LogP contribution is -2.58. The van der Waals surface area contributed by atoms with Crippen molar-refractivity contribution in [3.05, 3.63) is 109 Å². The maximum absolute atomic E-state index is 2.64. The predicted molar refractivity (Wildman–Crippen MR) is 208 cm³/mol. The molecule has 0 bridgehead atoms. The molecule has 4 aliphatic rings. The second kappa shape index (κ2) is 12.6. The Morgan fingerprint density at radius 3 is 1.48 bits per heavy atom. The first-order chi connectivity index (χ1) is 23.6. The van der Waals surface area contributed by atoms with Gasteiger partial charge in [-0.1, -0.05) is 83.0 Å². The summed E-state index contributed by atoms with van der Waals surface area (Å²) in [4.78, 5) is 13.3. The van der Waals surface area contributed by atoms with E-state index in [1.165, 1.54) is 103 Å². The highest BCUT2D eigenvalue weighted by Gasteiger charge is 2.39. The fourth-order valence-corrected chi connectivity index (χ4v) is 11.0. The van der Waals surface area contributed by atoms with Crippen LogP contribution in [0, 0.1) is 0 Å². The second-order valence-corrected chi connectivity index (χ2v) is 16.2. The molecule has 0 aliphatic carbocycles. The third-order valence-electron chi connectivity index (χ3n) is 11.0. The Bertz CT molecular complexity index is 1830. The first-order valence-corrected chi connectivity index (χ1v) is 19.5. The van der Waals surface area contributed by atoms with Crippen LogP contribution >= 0.6 is 23.5 Å². The molecule has 0 N–H and O–H groups in total. The Hall–Kier alpha value is -3.74. The summed E-state index contributed by atoms with van der Waals surface area (Å²) in [6.07, 6.45) is 7.79. The lowest BCUT2D eigenvalue weighted by molar-refractivity contribution is 0.484. The van der Waals surface area contributed by atoms with E-state index >= 15 is 0 Å². The lowest BCUT2D eigenvalue weighted by atomic mass is 9.36. The summed E-state index contributed by atoms with van der Waals surface area (Å²) in [6, 6.07) is 42.6. The predicted octanol–water partition coefficient (Wildman–Crippen LogP) is 9.36. The Balaban J connectivity index is 1.21. The average Bonchev–Trinajstić information content (AvgIpc) is 3.12. The van der Waals surface area contributed by atoms with Crippen molar-refractivity contribution >= 4 is 75.1 Å². The van der Waals surface area contributed by atoms with E-state index in [-0.39, 0.29) is 6.71 Å². The Morgan fingerprint density at radius 2 is 1.02 bits per heavy atom. The fourth-order valence-electron chi connectivity index (χ4n) is 8.51. The van der Waals surface area contributed by atoms with Gasteiger partial charge in [-0.25, -0.2) is 0 Å². The molecule has 4 aliphatic heterocycles. The van der Waals surface area contributed by atoms with Crippen molar-refractivity contribution in [2.24, 2.45) is 0 Å². The van der Waals surface area contributed by atoms with Gasteiger partial charge in [0.05, 0.1) is 0 Å². The molecule has 9 rings (SSSR count). The molecule has 5 aromatic rings. The van der Waals surface area contributed by atoms with Crippen molar-refractivity contribution < 1.29 is 0 Å². The molecule has 48 heavy (non-hydrogen) atoms. The van der Waals surface area contributed by atoms with Gasteiger partial charge in [0.2, 0.25) is 6.71 Å². The smallest absolute Gasteiger partial charge is 0.247 e. The van der Waals surface area contributed by atoms with Crippen molar-refractivity contribution in [1.82, 2.24) is 0 Å². The lowest BCUT2D eigenvalue weighted by Gasteiger charge is -2.39. The van der Waals surface area contributed by atoms with E-state index in [1.807, 2.05) is 23.5 Å². The molecule has 2 saturated heterocycles. The van der Waals surface area contributed by atoms with Gasteiger partial charge in [-0.3, -0.25) is 0 Å². The van der Waals surface area contributed by atoms with Crippen LogP contribution in [0.1, 0.15) is 52.4 Å². The standard InChI is InChI=1S/C42H42BN3S2/c1-29-13-9-11-23-44(29)33-19-21-36-38(25-33)47-40-27-35(46(31-15-5-3-6-16-31)32-17-7-4-8-18-32)28-41-42(40)43(36)37-22-20-34(26-39(37)48-41)45-24-12-10-14-30(45)2/h3-8,15-22,25-30H,9-14,23-24H2,1-2H3. The monoisotopic (exact) mass is 663 g/mol. The minimum atomic E-state index is 0.235. The summed E-state index contributed by atoms with van der Waals surface area (Å²) < 4.78 is 0. The quantitative estimate of drug-likeness (QED) is 0.169. The molecule has 0 radical (unpaired) electrons. The molecule has 0 spiro atoms. The molecule has 0 saturated carbocycles. The topological polar surface area (TPSA) is 9.72 Å². The van der Waals surface area contributed by atoms with Crippen LogP contribution in [0.15, 0.2) is 129 Å². The minimum Gasteiger partial charge on any atom is -0.369 e. The summed E-state index contributed by atoms with van der Waals surface area (Å²) in [5.41, 5.74) is 10.7. The van der Waals surface area contributed by atoms with Gasteiger partial charge < -0.3 is 14.7 Å². The SMILES string of the molecule is CC1CCCCN1c1ccc2c(c1)Sc1cc(N(c3ccccc3)c3ccccc3)cc3c1B2c1ccc(N2CCCCC2C)cc1S3. The zero-order chi connectivity index (χ0) is 32.2. The molecule has 5 aromatic carbocycles. The van der Waals surface area contributed by atoms with Gasteiger partial charge in [0.1, 0.15) is 0 Å². The van der Waals surface area contributed by atoms with Crippen LogP contribution in [-0.4, -0.2) is 31.9 Å². The van der Waals surface area contributed by atoms with E-state index in [0.717, 1.165) is 13.1 Å². The number of rotatable bonds is 5. The fraction of sp³-hybridized carbons (Fsp3) is 0.286. The average molecular weight is 664 g/mol. The molecular formula is C42H42BN3S2. The van der Waals surface area contributed by atoms with Crippen molar-refractivity contribution in [3.63, 3.8) is 0 Å². The van der Waals surface area contributed by atoms with Crippen LogP contribution in [-0.2, 0) is 0 Å². The number of hydrogen-bond donors (Lipinski definition) is 0. The highest BCUT2D eigenvalue weighted by atomic mass is 32.2. The Kier molecular flexibility index (Phi) is 7.97. The van der Waals surface area contributed by atoms with Gasteiger partial charge in [0.25, 0.3) is 0 Å². The number of piperidine rings is 2. The number of hydrogen-bond acceptors (Lipinski definition) is 5. The Labute approximate surface area is 294 Å². The number of fused-ring (bicyclic) bond motifs is 4. The first-order valence-electron chi connectivity index (χ1n) is 17.9. The number of nitrogens with zero attached hydrogens (tertiary/aromatic N) is 3. The third-order valence-corrected chi connectivity index (χ3v) is 13.3. The summed E-state index contributed by atoms with van der Waals surface area (Å²) in [5.74, 6) is 0. The number of benzene rings is 5. The van der Waals surface area contributed by atoms with E-state index < -0.39 is 0 Å². The zero-order valence-corrected chi connectivity index (χ0v) is 29.6. The van der Waals surface area contributed by atoms with E-state index in [4.69, 9.17) is 0 Å². The highest BCUT2D eigenvalue weighted by Crippen LogP contribution is 2.45. The van der Waals surface area contributed by atoms with Gasteiger partial charge in [0, 0.05) is 73.2 Å². The normalized spacial score (nSPS) is 19.8. The van der Waals surface area contributed by atoms with Gasteiger partial charge in [-0.05, 0) is 118 Å². The molecule has 6 heteroatoms. The molecule has 3 nitrogen and oxygen atoms in total. The van der Waals surface area contributed by atoms with Crippen LogP contribution in [0.2, 0.25) is 0 Å². The minimum absolute atomic E-state index is 0.235.